The maximum Gasteiger partial charge on any atom is 0.156 e. The molecule has 0 fully saturated rings. The summed E-state index contributed by atoms with van der Waals surface area (Å²) in [6, 6.07) is 4.52. The van der Waals surface area contributed by atoms with Crippen LogP contribution in [0.15, 0.2) is 29.0 Å². The summed E-state index contributed by atoms with van der Waals surface area (Å²) in [5.41, 5.74) is 2.23. The molecule has 0 saturated carbocycles. The number of nitrogens with one attached hydrogen (secondary N) is 1. The molecule has 18 heavy (non-hydrogen) atoms. The number of aromatic nitrogens is 2. The lowest BCUT2D eigenvalue weighted by molar-refractivity contribution is 0.373. The maximum absolute atomic E-state index is 5.23. The standard InChI is InChI=1S/C14H21N3O/c1-10(2)14(15-4)12-5-6-17(8-12)9-13-7-11(3)16-18-13/h5-8,10,14-15H,9H2,1-4H3. The Balaban J connectivity index is 2.10. The molecular weight excluding hydrogens is 226 g/mol. The second-order valence-electron chi connectivity index (χ2n) is 5.06. The molecule has 0 bridgehead atoms. The van der Waals surface area contributed by atoms with E-state index in [1.807, 2.05) is 20.0 Å². The van der Waals surface area contributed by atoms with E-state index in [4.69, 9.17) is 4.52 Å². The van der Waals surface area contributed by atoms with Crippen molar-refractivity contribution in [1.29, 1.82) is 0 Å². The van der Waals surface area contributed by atoms with Crippen molar-refractivity contribution in [3.63, 3.8) is 0 Å². The molecule has 0 saturated heterocycles. The summed E-state index contributed by atoms with van der Waals surface area (Å²) >= 11 is 0. The summed E-state index contributed by atoms with van der Waals surface area (Å²) in [6.07, 6.45) is 4.25. The molecule has 4 nitrogen and oxygen atoms in total. The van der Waals surface area contributed by atoms with Gasteiger partial charge in [0.2, 0.25) is 0 Å². The first-order chi connectivity index (χ1) is 8.60. The smallest absolute Gasteiger partial charge is 0.156 e. The molecule has 1 unspecified atom stereocenters. The summed E-state index contributed by atoms with van der Waals surface area (Å²) in [5, 5.41) is 7.25. The van der Waals surface area contributed by atoms with E-state index < -0.39 is 0 Å². The predicted molar refractivity (Wildman–Crippen MR) is 71.4 cm³/mol. The first kappa shape index (κ1) is 12.9. The van der Waals surface area contributed by atoms with Crippen molar-refractivity contribution in [2.24, 2.45) is 5.92 Å². The molecule has 98 valence electrons. The van der Waals surface area contributed by atoms with Crippen molar-refractivity contribution in [3.05, 3.63) is 41.5 Å². The lowest BCUT2D eigenvalue weighted by atomic mass is 9.99. The Morgan fingerprint density at radius 1 is 1.44 bits per heavy atom. The Labute approximate surface area is 108 Å². The number of rotatable bonds is 5. The molecule has 0 amide bonds. The van der Waals surface area contributed by atoms with Crippen LogP contribution in [0.5, 0.6) is 0 Å². The zero-order chi connectivity index (χ0) is 13.1. The zero-order valence-corrected chi connectivity index (χ0v) is 11.5. The quantitative estimate of drug-likeness (QED) is 0.883. The van der Waals surface area contributed by atoms with E-state index in [0.717, 1.165) is 18.0 Å². The molecule has 2 rings (SSSR count). The normalized spacial score (nSPS) is 13.2. The van der Waals surface area contributed by atoms with Crippen LogP contribution < -0.4 is 5.32 Å². The van der Waals surface area contributed by atoms with Gasteiger partial charge in [-0.3, -0.25) is 0 Å². The van der Waals surface area contributed by atoms with Crippen LogP contribution in [-0.4, -0.2) is 16.8 Å². The van der Waals surface area contributed by atoms with Crippen LogP contribution in [-0.2, 0) is 6.54 Å². The van der Waals surface area contributed by atoms with Gasteiger partial charge in [-0.25, -0.2) is 0 Å². The first-order valence-corrected chi connectivity index (χ1v) is 6.35. The SMILES string of the molecule is CNC(c1ccn(Cc2cc(C)no2)c1)C(C)C. The fourth-order valence-electron chi connectivity index (χ4n) is 2.30. The van der Waals surface area contributed by atoms with Gasteiger partial charge in [0, 0.05) is 24.5 Å². The van der Waals surface area contributed by atoms with Gasteiger partial charge in [-0.2, -0.15) is 0 Å². The summed E-state index contributed by atoms with van der Waals surface area (Å²) in [6.45, 7) is 7.11. The Kier molecular flexibility index (Phi) is 3.87. The van der Waals surface area contributed by atoms with Crippen molar-refractivity contribution < 1.29 is 4.52 Å². The van der Waals surface area contributed by atoms with E-state index in [-0.39, 0.29) is 0 Å². The van der Waals surface area contributed by atoms with Gasteiger partial charge in [0.1, 0.15) is 0 Å². The maximum atomic E-state index is 5.23. The highest BCUT2D eigenvalue weighted by atomic mass is 16.5. The van der Waals surface area contributed by atoms with Crippen LogP contribution in [0, 0.1) is 12.8 Å². The minimum atomic E-state index is 0.391. The molecule has 0 aliphatic carbocycles. The monoisotopic (exact) mass is 247 g/mol. The van der Waals surface area contributed by atoms with Gasteiger partial charge in [-0.15, -0.1) is 0 Å². The van der Waals surface area contributed by atoms with Crippen LogP contribution in [0.3, 0.4) is 0 Å². The molecule has 2 aromatic heterocycles. The largest absolute Gasteiger partial charge is 0.359 e. The minimum Gasteiger partial charge on any atom is -0.359 e. The minimum absolute atomic E-state index is 0.391. The number of aryl methyl sites for hydroxylation is 1. The van der Waals surface area contributed by atoms with Gasteiger partial charge in [0.05, 0.1) is 12.2 Å². The van der Waals surface area contributed by atoms with Crippen LogP contribution in [0.25, 0.3) is 0 Å². The average molecular weight is 247 g/mol. The van der Waals surface area contributed by atoms with Gasteiger partial charge in [0.25, 0.3) is 0 Å². The van der Waals surface area contributed by atoms with Crippen LogP contribution in [0.2, 0.25) is 0 Å². The van der Waals surface area contributed by atoms with E-state index >= 15 is 0 Å². The van der Waals surface area contributed by atoms with Crippen LogP contribution in [0.4, 0.5) is 0 Å². The van der Waals surface area contributed by atoms with E-state index in [0.29, 0.717) is 12.0 Å². The average Bonchev–Trinajstić information content (AvgIpc) is 2.90. The molecule has 2 heterocycles. The fraction of sp³-hybridized carbons (Fsp3) is 0.500. The molecular formula is C14H21N3O. The van der Waals surface area contributed by atoms with Gasteiger partial charge in [-0.1, -0.05) is 19.0 Å². The van der Waals surface area contributed by atoms with E-state index in [1.54, 1.807) is 0 Å². The van der Waals surface area contributed by atoms with E-state index in [2.05, 4.69) is 47.3 Å². The molecule has 2 aromatic rings. The van der Waals surface area contributed by atoms with Crippen LogP contribution >= 0.6 is 0 Å². The molecule has 0 aromatic carbocycles. The number of hydrogen-bond acceptors (Lipinski definition) is 3. The van der Waals surface area contributed by atoms with Crippen molar-refractivity contribution in [2.45, 2.75) is 33.4 Å². The number of hydrogen-bond donors (Lipinski definition) is 1. The first-order valence-electron chi connectivity index (χ1n) is 6.35. The van der Waals surface area contributed by atoms with Gasteiger partial charge < -0.3 is 14.4 Å². The highest BCUT2D eigenvalue weighted by Crippen LogP contribution is 2.21. The fourth-order valence-corrected chi connectivity index (χ4v) is 2.30. The second kappa shape index (κ2) is 5.40. The van der Waals surface area contributed by atoms with Crippen molar-refractivity contribution in [2.75, 3.05) is 7.05 Å². The Hall–Kier alpha value is -1.55. The predicted octanol–water partition coefficient (Wildman–Crippen LogP) is 2.75. The second-order valence-corrected chi connectivity index (χ2v) is 5.06. The Morgan fingerprint density at radius 2 is 2.22 bits per heavy atom. The molecule has 1 N–H and O–H groups in total. The van der Waals surface area contributed by atoms with Gasteiger partial charge in [-0.05, 0) is 31.5 Å². The lowest BCUT2D eigenvalue weighted by Gasteiger charge is -2.18. The summed E-state index contributed by atoms with van der Waals surface area (Å²) in [7, 11) is 2.00. The summed E-state index contributed by atoms with van der Waals surface area (Å²) < 4.78 is 7.35. The van der Waals surface area contributed by atoms with E-state index in [9.17, 15) is 0 Å². The highest BCUT2D eigenvalue weighted by Gasteiger charge is 2.14. The lowest BCUT2D eigenvalue weighted by Crippen LogP contribution is -2.21. The third-order valence-electron chi connectivity index (χ3n) is 3.13. The molecule has 0 spiro atoms. The Morgan fingerprint density at radius 3 is 2.78 bits per heavy atom. The zero-order valence-electron chi connectivity index (χ0n) is 11.5. The van der Waals surface area contributed by atoms with Gasteiger partial charge >= 0.3 is 0 Å². The molecule has 0 aliphatic heterocycles. The van der Waals surface area contributed by atoms with Crippen molar-refractivity contribution in [1.82, 2.24) is 15.0 Å². The van der Waals surface area contributed by atoms with Crippen molar-refractivity contribution in [3.8, 4) is 0 Å². The van der Waals surface area contributed by atoms with E-state index in [1.165, 1.54) is 5.56 Å². The topological polar surface area (TPSA) is 43.0 Å². The highest BCUT2D eigenvalue weighted by molar-refractivity contribution is 5.17. The summed E-state index contributed by atoms with van der Waals surface area (Å²) in [5.74, 6) is 1.46. The third-order valence-corrected chi connectivity index (χ3v) is 3.13. The molecule has 0 radical (unpaired) electrons. The Bertz CT molecular complexity index is 499. The summed E-state index contributed by atoms with van der Waals surface area (Å²) in [4.78, 5) is 0. The van der Waals surface area contributed by atoms with Gasteiger partial charge in [0.15, 0.2) is 5.76 Å². The van der Waals surface area contributed by atoms with Crippen molar-refractivity contribution >= 4 is 0 Å². The van der Waals surface area contributed by atoms with Crippen LogP contribution in [0.1, 0.15) is 36.9 Å². The third kappa shape index (κ3) is 2.82. The molecule has 4 heteroatoms. The number of nitrogens with zero attached hydrogens (tertiary/aromatic N) is 2. The molecule has 1 atom stereocenters. The molecule has 0 aliphatic rings.